The van der Waals surface area contributed by atoms with Gasteiger partial charge in [0.15, 0.2) is 5.82 Å². The predicted octanol–water partition coefficient (Wildman–Crippen LogP) is 0.966. The third-order valence-electron chi connectivity index (χ3n) is 1.67. The van der Waals surface area contributed by atoms with E-state index in [1.54, 1.807) is 28.8 Å². The Morgan fingerprint density at radius 3 is 2.93 bits per heavy atom. The molecule has 0 saturated carbocycles. The van der Waals surface area contributed by atoms with E-state index in [0.29, 0.717) is 5.69 Å². The molecule has 0 bridgehead atoms. The van der Waals surface area contributed by atoms with E-state index in [2.05, 4.69) is 15.1 Å². The molecule has 0 aliphatic heterocycles. The molecule has 0 amide bonds. The van der Waals surface area contributed by atoms with Crippen LogP contribution in [0.3, 0.4) is 0 Å². The van der Waals surface area contributed by atoms with Crippen molar-refractivity contribution in [3.63, 3.8) is 0 Å². The fourth-order valence-electron chi connectivity index (χ4n) is 1.03. The molecule has 5 nitrogen and oxygen atoms in total. The van der Waals surface area contributed by atoms with Gasteiger partial charge in [-0.3, -0.25) is 0 Å². The van der Waals surface area contributed by atoms with E-state index >= 15 is 0 Å². The lowest BCUT2D eigenvalue weighted by atomic mass is 10.5. The van der Waals surface area contributed by atoms with Gasteiger partial charge in [0.25, 0.3) is 0 Å². The van der Waals surface area contributed by atoms with Crippen molar-refractivity contribution in [2.45, 2.75) is 5.03 Å². The molecule has 0 unspecified atom stereocenters. The molecule has 14 heavy (non-hydrogen) atoms. The van der Waals surface area contributed by atoms with E-state index in [0.717, 1.165) is 10.8 Å². The molecule has 0 atom stereocenters. The second-order valence-corrected chi connectivity index (χ2v) is 3.46. The SMILES string of the molecule is CSc1cc(-n2cc(N)cn2)ncn1. The summed E-state index contributed by atoms with van der Waals surface area (Å²) in [4.78, 5) is 8.16. The summed E-state index contributed by atoms with van der Waals surface area (Å²) >= 11 is 1.56. The summed E-state index contributed by atoms with van der Waals surface area (Å²) in [5, 5.41) is 4.96. The van der Waals surface area contributed by atoms with Crippen molar-refractivity contribution in [3.8, 4) is 5.82 Å². The third-order valence-corrected chi connectivity index (χ3v) is 2.32. The van der Waals surface area contributed by atoms with Crippen molar-refractivity contribution in [3.05, 3.63) is 24.8 Å². The lowest BCUT2D eigenvalue weighted by molar-refractivity contribution is 0.827. The van der Waals surface area contributed by atoms with Crippen LogP contribution in [0.5, 0.6) is 0 Å². The normalized spacial score (nSPS) is 10.4. The molecule has 0 saturated heterocycles. The lowest BCUT2D eigenvalue weighted by Crippen LogP contribution is -1.98. The number of rotatable bonds is 2. The van der Waals surface area contributed by atoms with Crippen LogP contribution in [-0.4, -0.2) is 26.0 Å². The van der Waals surface area contributed by atoms with Crippen molar-refractivity contribution in [2.24, 2.45) is 0 Å². The van der Waals surface area contributed by atoms with Crippen LogP contribution in [0.4, 0.5) is 5.69 Å². The van der Waals surface area contributed by atoms with Gasteiger partial charge in [0.05, 0.1) is 18.1 Å². The minimum Gasteiger partial charge on any atom is -0.396 e. The van der Waals surface area contributed by atoms with Crippen molar-refractivity contribution in [1.29, 1.82) is 0 Å². The molecule has 2 heterocycles. The van der Waals surface area contributed by atoms with Crippen LogP contribution < -0.4 is 5.73 Å². The average Bonchev–Trinajstić information content (AvgIpc) is 2.65. The molecule has 0 fully saturated rings. The molecule has 2 aromatic heterocycles. The number of nitrogens with zero attached hydrogens (tertiary/aromatic N) is 4. The molecule has 2 aromatic rings. The second kappa shape index (κ2) is 3.67. The maximum Gasteiger partial charge on any atom is 0.157 e. The Morgan fingerprint density at radius 2 is 2.29 bits per heavy atom. The van der Waals surface area contributed by atoms with Gasteiger partial charge in [-0.1, -0.05) is 0 Å². The maximum absolute atomic E-state index is 5.55. The molecule has 6 heteroatoms. The Kier molecular flexibility index (Phi) is 2.36. The van der Waals surface area contributed by atoms with E-state index in [1.165, 1.54) is 6.33 Å². The Morgan fingerprint density at radius 1 is 1.43 bits per heavy atom. The average molecular weight is 207 g/mol. The molecule has 72 valence electrons. The minimum absolute atomic E-state index is 0.620. The monoisotopic (exact) mass is 207 g/mol. The van der Waals surface area contributed by atoms with E-state index < -0.39 is 0 Å². The van der Waals surface area contributed by atoms with Crippen LogP contribution in [0.15, 0.2) is 29.8 Å². The van der Waals surface area contributed by atoms with Gasteiger partial charge in [-0.2, -0.15) is 5.10 Å². The highest BCUT2D eigenvalue weighted by Gasteiger charge is 2.01. The summed E-state index contributed by atoms with van der Waals surface area (Å²) < 4.78 is 1.62. The topological polar surface area (TPSA) is 69.6 Å². The van der Waals surface area contributed by atoms with Crippen LogP contribution in [-0.2, 0) is 0 Å². The third kappa shape index (κ3) is 1.69. The Labute approximate surface area is 85.4 Å². The smallest absolute Gasteiger partial charge is 0.157 e. The number of thioether (sulfide) groups is 1. The first-order valence-electron chi connectivity index (χ1n) is 3.96. The van der Waals surface area contributed by atoms with Gasteiger partial charge < -0.3 is 5.73 Å². The van der Waals surface area contributed by atoms with Gasteiger partial charge in [0, 0.05) is 6.07 Å². The largest absolute Gasteiger partial charge is 0.396 e. The van der Waals surface area contributed by atoms with E-state index in [4.69, 9.17) is 5.73 Å². The van der Waals surface area contributed by atoms with Crippen LogP contribution in [0, 0.1) is 0 Å². The number of nitrogens with two attached hydrogens (primary N) is 1. The molecule has 0 radical (unpaired) electrons. The molecular weight excluding hydrogens is 198 g/mol. The number of aromatic nitrogens is 4. The van der Waals surface area contributed by atoms with Crippen molar-refractivity contribution >= 4 is 17.4 Å². The van der Waals surface area contributed by atoms with Gasteiger partial charge in [-0.05, 0) is 6.26 Å². The predicted molar refractivity (Wildman–Crippen MR) is 55.3 cm³/mol. The first-order valence-corrected chi connectivity index (χ1v) is 5.18. The summed E-state index contributed by atoms with van der Waals surface area (Å²) in [5.74, 6) is 0.723. The van der Waals surface area contributed by atoms with E-state index in [-0.39, 0.29) is 0 Å². The fraction of sp³-hybridized carbons (Fsp3) is 0.125. The number of nitrogen functional groups attached to an aromatic ring is 1. The van der Waals surface area contributed by atoms with E-state index in [9.17, 15) is 0 Å². The summed E-state index contributed by atoms with van der Waals surface area (Å²) in [7, 11) is 0. The van der Waals surface area contributed by atoms with Crippen molar-refractivity contribution < 1.29 is 0 Å². The molecule has 0 aromatic carbocycles. The van der Waals surface area contributed by atoms with E-state index in [1.807, 2.05) is 12.3 Å². The quantitative estimate of drug-likeness (QED) is 0.587. The van der Waals surface area contributed by atoms with Crippen LogP contribution in [0.25, 0.3) is 5.82 Å². The molecule has 0 spiro atoms. The number of anilines is 1. The van der Waals surface area contributed by atoms with Crippen LogP contribution in [0.2, 0.25) is 0 Å². The van der Waals surface area contributed by atoms with Gasteiger partial charge in [0.1, 0.15) is 11.4 Å². The van der Waals surface area contributed by atoms with Gasteiger partial charge in [-0.25, -0.2) is 14.6 Å². The zero-order valence-electron chi connectivity index (χ0n) is 7.58. The van der Waals surface area contributed by atoms with Gasteiger partial charge in [0.2, 0.25) is 0 Å². The summed E-state index contributed by atoms with van der Waals surface area (Å²) in [6, 6.07) is 1.86. The van der Waals surface area contributed by atoms with Gasteiger partial charge >= 0.3 is 0 Å². The fourth-order valence-corrected chi connectivity index (χ4v) is 1.40. The standard InChI is InChI=1S/C8H9N5S/c1-14-8-2-7(10-5-11-8)13-4-6(9)3-12-13/h2-5H,9H2,1H3. The zero-order valence-corrected chi connectivity index (χ0v) is 8.40. The highest BCUT2D eigenvalue weighted by molar-refractivity contribution is 7.98. The summed E-state index contributed by atoms with van der Waals surface area (Å²) in [6.45, 7) is 0. The lowest BCUT2D eigenvalue weighted by Gasteiger charge is -2.00. The molecular formula is C8H9N5S. The van der Waals surface area contributed by atoms with Crippen LogP contribution in [0.1, 0.15) is 0 Å². The molecule has 2 rings (SSSR count). The van der Waals surface area contributed by atoms with Crippen molar-refractivity contribution in [1.82, 2.24) is 19.7 Å². The Bertz CT molecular complexity index is 439. The van der Waals surface area contributed by atoms with Crippen molar-refractivity contribution in [2.75, 3.05) is 12.0 Å². The first-order chi connectivity index (χ1) is 6.79. The first kappa shape index (κ1) is 9.01. The van der Waals surface area contributed by atoms with Gasteiger partial charge in [-0.15, -0.1) is 11.8 Å². The molecule has 2 N–H and O–H groups in total. The highest BCUT2D eigenvalue weighted by Crippen LogP contribution is 2.13. The zero-order chi connectivity index (χ0) is 9.97. The Balaban J connectivity index is 2.41. The van der Waals surface area contributed by atoms with Crippen LogP contribution >= 0.6 is 11.8 Å². The molecule has 0 aliphatic rings. The summed E-state index contributed by atoms with van der Waals surface area (Å²) in [5.41, 5.74) is 6.17. The highest BCUT2D eigenvalue weighted by atomic mass is 32.2. The number of hydrogen-bond donors (Lipinski definition) is 1. The molecule has 0 aliphatic carbocycles. The number of hydrogen-bond acceptors (Lipinski definition) is 5. The summed E-state index contributed by atoms with van der Waals surface area (Å²) in [6.07, 6.45) is 6.77. The second-order valence-electron chi connectivity index (χ2n) is 2.64. The minimum atomic E-state index is 0.620. The Hall–Kier alpha value is -1.56. The maximum atomic E-state index is 5.55.